The van der Waals surface area contributed by atoms with Crippen LogP contribution in [0.4, 0.5) is 5.69 Å². The number of hydrogen-bond donors (Lipinski definition) is 1. The van der Waals surface area contributed by atoms with E-state index in [1.165, 1.54) is 5.56 Å². The molecule has 1 aromatic carbocycles. The third-order valence-electron chi connectivity index (χ3n) is 3.07. The topological polar surface area (TPSA) is 30.5 Å². The minimum atomic E-state index is -0.0910. The van der Waals surface area contributed by atoms with E-state index in [0.29, 0.717) is 0 Å². The molecule has 0 radical (unpaired) electrons. The van der Waals surface area contributed by atoms with Crippen molar-refractivity contribution in [3.05, 3.63) is 23.8 Å². The number of fused-ring (bicyclic) bond motifs is 1. The summed E-state index contributed by atoms with van der Waals surface area (Å²) in [6.07, 6.45) is 1.95. The number of ether oxygens (including phenoxy) is 2. The van der Waals surface area contributed by atoms with Crippen LogP contribution in [0, 0.1) is 0 Å². The highest BCUT2D eigenvalue weighted by molar-refractivity contribution is 5.59. The Bertz CT molecular complexity index is 388. The Hall–Kier alpha value is -1.22. The Morgan fingerprint density at radius 3 is 3.00 bits per heavy atom. The first kappa shape index (κ1) is 12.2. The third-order valence-corrected chi connectivity index (χ3v) is 3.07. The molecule has 94 valence electrons. The van der Waals surface area contributed by atoms with Crippen molar-refractivity contribution in [2.45, 2.75) is 32.3 Å². The number of hydrogen-bond acceptors (Lipinski definition) is 3. The van der Waals surface area contributed by atoms with E-state index in [1.54, 1.807) is 7.11 Å². The fourth-order valence-corrected chi connectivity index (χ4v) is 2.03. The molecule has 3 heteroatoms. The molecule has 0 atom stereocenters. The molecule has 0 aliphatic carbocycles. The summed E-state index contributed by atoms with van der Waals surface area (Å²) in [5, 5.41) is 3.43. The van der Waals surface area contributed by atoms with Crippen LogP contribution in [0.15, 0.2) is 18.2 Å². The van der Waals surface area contributed by atoms with Gasteiger partial charge in [0.1, 0.15) is 11.4 Å². The van der Waals surface area contributed by atoms with Crippen LogP contribution >= 0.6 is 0 Å². The predicted molar refractivity (Wildman–Crippen MR) is 69.8 cm³/mol. The highest BCUT2D eigenvalue weighted by Crippen LogP contribution is 2.33. The molecule has 0 amide bonds. The van der Waals surface area contributed by atoms with Gasteiger partial charge in [-0.05, 0) is 38.0 Å². The molecule has 1 aliphatic rings. The van der Waals surface area contributed by atoms with Crippen LogP contribution in [0.2, 0.25) is 0 Å². The van der Waals surface area contributed by atoms with Crippen molar-refractivity contribution < 1.29 is 9.47 Å². The zero-order valence-corrected chi connectivity index (χ0v) is 10.9. The van der Waals surface area contributed by atoms with Gasteiger partial charge >= 0.3 is 0 Å². The SMILES string of the molecule is COCCc1ccc2c(c1)NCCC(C)(C)O2. The minimum absolute atomic E-state index is 0.0910. The fourth-order valence-electron chi connectivity index (χ4n) is 2.03. The van der Waals surface area contributed by atoms with Gasteiger partial charge in [0.2, 0.25) is 0 Å². The Balaban J connectivity index is 2.18. The Kier molecular flexibility index (Phi) is 3.57. The van der Waals surface area contributed by atoms with Crippen LogP contribution in [0.25, 0.3) is 0 Å². The van der Waals surface area contributed by atoms with E-state index in [-0.39, 0.29) is 5.60 Å². The van der Waals surface area contributed by atoms with Gasteiger partial charge in [0, 0.05) is 20.1 Å². The molecule has 0 bridgehead atoms. The third kappa shape index (κ3) is 3.13. The maximum atomic E-state index is 6.01. The summed E-state index contributed by atoms with van der Waals surface area (Å²) >= 11 is 0. The van der Waals surface area contributed by atoms with Crippen molar-refractivity contribution in [1.82, 2.24) is 0 Å². The maximum absolute atomic E-state index is 6.01. The first-order valence-corrected chi connectivity index (χ1v) is 6.15. The number of rotatable bonds is 3. The zero-order chi connectivity index (χ0) is 12.3. The first-order chi connectivity index (χ1) is 8.11. The predicted octanol–water partition coefficient (Wildman–Crippen LogP) is 2.85. The van der Waals surface area contributed by atoms with E-state index in [9.17, 15) is 0 Å². The summed E-state index contributed by atoms with van der Waals surface area (Å²) in [5.74, 6) is 0.952. The van der Waals surface area contributed by atoms with Gasteiger partial charge in [0.05, 0.1) is 12.3 Å². The number of methoxy groups -OCH3 is 1. The van der Waals surface area contributed by atoms with E-state index >= 15 is 0 Å². The summed E-state index contributed by atoms with van der Waals surface area (Å²) in [6.45, 7) is 5.96. The normalized spacial score (nSPS) is 17.6. The molecular weight excluding hydrogens is 214 g/mol. The van der Waals surface area contributed by atoms with Crippen LogP contribution in [0.5, 0.6) is 5.75 Å². The lowest BCUT2D eigenvalue weighted by atomic mass is 10.1. The average molecular weight is 235 g/mol. The zero-order valence-electron chi connectivity index (χ0n) is 10.9. The summed E-state index contributed by atoms with van der Waals surface area (Å²) in [5.41, 5.74) is 2.29. The maximum Gasteiger partial charge on any atom is 0.143 e. The molecule has 0 saturated heterocycles. The summed E-state index contributed by atoms with van der Waals surface area (Å²) in [7, 11) is 1.73. The Morgan fingerprint density at radius 1 is 1.41 bits per heavy atom. The van der Waals surface area contributed by atoms with Gasteiger partial charge in [0.25, 0.3) is 0 Å². The van der Waals surface area contributed by atoms with E-state index in [0.717, 1.165) is 37.4 Å². The smallest absolute Gasteiger partial charge is 0.143 e. The molecule has 0 saturated carbocycles. The molecule has 1 heterocycles. The average Bonchev–Trinajstić information content (AvgIpc) is 2.43. The largest absolute Gasteiger partial charge is 0.486 e. The highest BCUT2D eigenvalue weighted by atomic mass is 16.5. The van der Waals surface area contributed by atoms with E-state index < -0.39 is 0 Å². The van der Waals surface area contributed by atoms with Crippen molar-refractivity contribution in [2.75, 3.05) is 25.6 Å². The lowest BCUT2D eigenvalue weighted by molar-refractivity contribution is 0.108. The molecule has 1 aromatic rings. The summed E-state index contributed by atoms with van der Waals surface area (Å²) in [4.78, 5) is 0. The second-order valence-corrected chi connectivity index (χ2v) is 5.11. The monoisotopic (exact) mass is 235 g/mol. The van der Waals surface area contributed by atoms with Gasteiger partial charge in [-0.3, -0.25) is 0 Å². The van der Waals surface area contributed by atoms with Gasteiger partial charge in [-0.2, -0.15) is 0 Å². The van der Waals surface area contributed by atoms with Gasteiger partial charge in [-0.1, -0.05) is 6.07 Å². The molecule has 1 aliphatic heterocycles. The van der Waals surface area contributed by atoms with E-state index in [4.69, 9.17) is 9.47 Å². The van der Waals surface area contributed by atoms with Gasteiger partial charge in [-0.15, -0.1) is 0 Å². The Labute approximate surface area is 103 Å². The van der Waals surface area contributed by atoms with Gasteiger partial charge in [0.15, 0.2) is 0 Å². The van der Waals surface area contributed by atoms with E-state index in [2.05, 4.69) is 37.4 Å². The van der Waals surface area contributed by atoms with Crippen LogP contribution < -0.4 is 10.1 Å². The molecule has 3 nitrogen and oxygen atoms in total. The van der Waals surface area contributed by atoms with Crippen LogP contribution in [0.3, 0.4) is 0 Å². The van der Waals surface area contributed by atoms with Crippen molar-refractivity contribution in [2.24, 2.45) is 0 Å². The van der Waals surface area contributed by atoms with Crippen molar-refractivity contribution >= 4 is 5.69 Å². The molecule has 0 fully saturated rings. The van der Waals surface area contributed by atoms with Crippen LogP contribution in [-0.4, -0.2) is 25.9 Å². The van der Waals surface area contributed by atoms with Crippen LogP contribution in [0.1, 0.15) is 25.8 Å². The summed E-state index contributed by atoms with van der Waals surface area (Å²) < 4.78 is 11.1. The van der Waals surface area contributed by atoms with Crippen molar-refractivity contribution in [3.63, 3.8) is 0 Å². The molecule has 1 N–H and O–H groups in total. The number of anilines is 1. The van der Waals surface area contributed by atoms with Gasteiger partial charge < -0.3 is 14.8 Å². The van der Waals surface area contributed by atoms with Crippen molar-refractivity contribution in [3.8, 4) is 5.75 Å². The number of nitrogens with one attached hydrogen (secondary N) is 1. The minimum Gasteiger partial charge on any atom is -0.486 e. The fraction of sp³-hybridized carbons (Fsp3) is 0.571. The molecule has 0 aromatic heterocycles. The first-order valence-electron chi connectivity index (χ1n) is 6.15. The second kappa shape index (κ2) is 4.96. The lowest BCUT2D eigenvalue weighted by Crippen LogP contribution is -2.28. The van der Waals surface area contributed by atoms with Crippen LogP contribution in [-0.2, 0) is 11.2 Å². The standard InChI is InChI=1S/C14H21NO2/c1-14(2)7-8-15-12-10-11(6-9-16-3)4-5-13(12)17-14/h4-5,10,15H,6-9H2,1-3H3. The quantitative estimate of drug-likeness (QED) is 0.874. The molecule has 2 rings (SSSR count). The Morgan fingerprint density at radius 2 is 2.24 bits per heavy atom. The molecule has 17 heavy (non-hydrogen) atoms. The highest BCUT2D eigenvalue weighted by Gasteiger charge is 2.24. The molecule has 0 unspecified atom stereocenters. The molecule has 0 spiro atoms. The van der Waals surface area contributed by atoms with Crippen molar-refractivity contribution in [1.29, 1.82) is 0 Å². The number of benzene rings is 1. The van der Waals surface area contributed by atoms with E-state index in [1.807, 2.05) is 0 Å². The summed E-state index contributed by atoms with van der Waals surface area (Å²) in [6, 6.07) is 6.33. The second-order valence-electron chi connectivity index (χ2n) is 5.11. The lowest BCUT2D eigenvalue weighted by Gasteiger charge is -2.23. The molecular formula is C14H21NO2. The van der Waals surface area contributed by atoms with Gasteiger partial charge in [-0.25, -0.2) is 0 Å².